The van der Waals surface area contributed by atoms with Gasteiger partial charge in [-0.15, -0.1) is 24.0 Å². The molecule has 10 heavy (non-hydrogen) atoms. The second kappa shape index (κ2) is 94.4. The fraction of sp³-hybridized carbons (Fsp3) is 0.800. The van der Waals surface area contributed by atoms with Crippen molar-refractivity contribution in [3.8, 4) is 0 Å². The van der Waals surface area contributed by atoms with Crippen LogP contribution in [-0.2, 0) is 0 Å². The van der Waals surface area contributed by atoms with E-state index in [-0.39, 0.29) is 198 Å². The zero-order valence-electron chi connectivity index (χ0n) is 6.49. The van der Waals surface area contributed by atoms with Crippen LogP contribution in [0.25, 0.3) is 0 Å². The topological polar surface area (TPSA) is 35.0 Å². The van der Waals surface area contributed by atoms with Crippen LogP contribution in [0.1, 0.15) is 32.6 Å². The van der Waals surface area contributed by atoms with E-state index in [1.54, 1.807) is 0 Å². The summed E-state index contributed by atoms with van der Waals surface area (Å²) in [5, 5.41) is 0. The first-order valence-corrected chi connectivity index (χ1v) is 0. The summed E-state index contributed by atoms with van der Waals surface area (Å²) in [6, 6.07) is 0. The van der Waals surface area contributed by atoms with Crippen LogP contribution < -0.4 is 109 Å². The minimum absolute atomic E-state index is 0. The summed E-state index contributed by atoms with van der Waals surface area (Å²) < 4.78 is 5.25. The van der Waals surface area contributed by atoms with E-state index in [2.05, 4.69) is 6.14 Å². The predicted molar refractivity (Wildman–Crippen MR) is 57.0 cm³/mol. The smallest absolute Gasteiger partial charge is 1.00 e. The van der Waals surface area contributed by atoms with E-state index < -0.39 is 0 Å². The van der Waals surface area contributed by atoms with Gasteiger partial charge in [0.05, 0.1) is 0 Å². The molecule has 0 aliphatic rings. The van der Waals surface area contributed by atoms with Crippen molar-refractivity contribution < 1.29 is 138 Å². The van der Waals surface area contributed by atoms with Gasteiger partial charge in [0.1, 0.15) is 1.41 Å². The molecule has 0 fully saturated rings. The average Bonchev–Trinajstić information content (AvgIpc) is 1.00. The summed E-state index contributed by atoms with van der Waals surface area (Å²) in [6.45, 7) is 0. The molecule has 0 heterocycles. The van der Waals surface area contributed by atoms with Crippen LogP contribution in [0.5, 0.6) is 0 Å². The van der Waals surface area contributed by atoms with E-state index in [0.717, 1.165) is 0 Å². The van der Waals surface area contributed by atoms with Gasteiger partial charge >= 0.3 is 103 Å². The molecule has 0 atom stereocenters. The quantitative estimate of drug-likeness (QED) is 0.216. The maximum absolute atomic E-state index is 5.25. The molecule has 0 saturated carbocycles. The molecule has 0 aliphatic carbocycles. The first-order chi connectivity index (χ1) is 1.00. The minimum Gasteiger partial charge on any atom is -1.00 e. The van der Waals surface area contributed by atoms with Gasteiger partial charge in [0.15, 0.2) is 0 Å². The predicted octanol–water partition coefficient (Wildman–Crippen LogP) is -1.86. The van der Waals surface area contributed by atoms with Crippen LogP contribution in [0.15, 0.2) is 0 Å². The maximum Gasteiger partial charge on any atom is 1.00 e. The molecular weight excluding hydrogens is 517 g/mol. The molecule has 0 aromatic carbocycles. The fourth-order valence-electron chi connectivity index (χ4n) is 0. The van der Waals surface area contributed by atoms with E-state index in [4.69, 9.17) is 1.41 Å². The second-order valence-electron chi connectivity index (χ2n) is 0. The van der Waals surface area contributed by atoms with Crippen LogP contribution >= 0.6 is 24.0 Å². The van der Waals surface area contributed by atoms with Gasteiger partial charge in [-0.25, -0.2) is 0 Å². The van der Waals surface area contributed by atoms with Gasteiger partial charge in [-0.3, -0.25) is 0 Å². The molecule has 5 heteroatoms. The third-order valence-corrected chi connectivity index (χ3v) is 0. The van der Waals surface area contributed by atoms with Crippen molar-refractivity contribution in [2.75, 3.05) is 0 Å². The van der Waals surface area contributed by atoms with E-state index in [1.165, 1.54) is 0 Å². The molecule has 0 aromatic rings. The van der Waals surface area contributed by atoms with Gasteiger partial charge in [0, 0.05) is 32.5 Å². The third kappa shape index (κ3) is 74.7. The molecule has 3 N–H and O–H groups in total. The minimum atomic E-state index is 0. The Bertz CT molecular complexity index is 29.7. The molecule has 64 valence electrons. The van der Waals surface area contributed by atoms with E-state index in [0.29, 0.717) is 0 Å². The molecule has 0 rings (SSSR count). The summed E-state index contributed by atoms with van der Waals surface area (Å²) >= 11 is 0. The summed E-state index contributed by atoms with van der Waals surface area (Å²) in [5.74, 6) is 0. The summed E-state index contributed by atoms with van der Waals surface area (Å²) in [4.78, 5) is 0. The molecular formula is C5H26IK2NU. The Kier molecular flexibility index (Phi) is 770. The van der Waals surface area contributed by atoms with E-state index >= 15 is 0 Å². The van der Waals surface area contributed by atoms with Crippen LogP contribution in [0, 0.1) is 38.5 Å². The van der Waals surface area contributed by atoms with Crippen molar-refractivity contribution in [3.05, 3.63) is 7.43 Å². The Morgan fingerprint density at radius 1 is 1.00 bits per heavy atom. The second-order valence-corrected chi connectivity index (χ2v) is 0. The van der Waals surface area contributed by atoms with Gasteiger partial charge in [0.25, 0.3) is 0 Å². The van der Waals surface area contributed by atoms with Crippen molar-refractivity contribution in [2.24, 2.45) is 0 Å². The van der Waals surface area contributed by atoms with Crippen molar-refractivity contribution in [1.29, 1.82) is 0 Å². The SMILES string of the molecule is C.C.C.C.I.[2H-].[2HH].[2H]N.[CH3-].[K+].[K+].[U]. The molecule has 0 unspecified atom stereocenters. The molecule has 0 amide bonds. The maximum atomic E-state index is 5.25. The van der Waals surface area contributed by atoms with Gasteiger partial charge < -0.3 is 15.0 Å². The fourth-order valence-corrected chi connectivity index (χ4v) is 0. The summed E-state index contributed by atoms with van der Waals surface area (Å²) in [5.41, 5.74) is 0. The molecule has 1 nitrogen and oxygen atoms in total. The largest absolute Gasteiger partial charge is 1.00 e. The monoisotopic (exact) mass is 546 g/mol. The van der Waals surface area contributed by atoms with Crippen LogP contribution in [0.3, 0.4) is 0 Å². The molecule has 0 saturated heterocycles. The van der Waals surface area contributed by atoms with E-state index in [9.17, 15) is 0 Å². The van der Waals surface area contributed by atoms with Crippen LogP contribution in [-0.4, -0.2) is 0 Å². The Labute approximate surface area is 200 Å². The number of halogens is 1. The Morgan fingerprint density at radius 3 is 1.00 bits per heavy atom. The number of hydrogen-bond acceptors (Lipinski definition) is 1. The van der Waals surface area contributed by atoms with Crippen LogP contribution in [0.2, 0.25) is 1.41 Å². The molecule has 0 bridgehead atoms. The van der Waals surface area contributed by atoms with Crippen molar-refractivity contribution in [3.63, 3.8) is 0 Å². The van der Waals surface area contributed by atoms with E-state index in [1.807, 2.05) is 0 Å². The van der Waals surface area contributed by atoms with Crippen molar-refractivity contribution in [1.82, 2.24) is 6.14 Å². The van der Waals surface area contributed by atoms with Gasteiger partial charge in [-0.05, 0) is 0 Å². The first kappa shape index (κ1) is 81.5. The van der Waals surface area contributed by atoms with Gasteiger partial charge in [-0.1, -0.05) is 29.7 Å². The van der Waals surface area contributed by atoms with Gasteiger partial charge in [0.2, 0.25) is 0 Å². The Hall–Kier alpha value is 5.01. The molecule has 0 aliphatic heterocycles. The normalized spacial score (nSPS) is 0.700. The molecule has 0 radical (unpaired) electrons. The Morgan fingerprint density at radius 2 is 1.00 bits per heavy atom. The van der Waals surface area contributed by atoms with Crippen molar-refractivity contribution >= 4 is 24.0 Å². The van der Waals surface area contributed by atoms with Gasteiger partial charge in [-0.2, -0.15) is 0 Å². The zero-order valence-corrected chi connectivity index (χ0v) is 17.2. The Balaban J connectivity index is -0.0000000000909. The molecule has 0 aromatic heterocycles. The number of rotatable bonds is 0. The summed E-state index contributed by atoms with van der Waals surface area (Å²) in [6.07, 6.45) is 3.75. The molecule has 0 spiro atoms. The third-order valence-electron chi connectivity index (χ3n) is 0. The first-order valence-electron chi connectivity index (χ1n) is 0.577. The number of hydrogen-bond donors (Lipinski definition) is 1. The van der Waals surface area contributed by atoms with Crippen LogP contribution in [0.4, 0.5) is 0 Å². The average molecular weight is 546 g/mol. The zero-order chi connectivity index (χ0) is 2.00. The summed E-state index contributed by atoms with van der Waals surface area (Å²) in [7, 11) is 0. The van der Waals surface area contributed by atoms with Crippen molar-refractivity contribution in [2.45, 2.75) is 29.7 Å². The standard InChI is InChI=1S/4CH4.CH3.HI.2K.H3N.U.H2.H/h4*1H4;1H3;1H;;;1H3;;1H;/q;;;;-1;;2*+1;;;;-1/i;;;;;;;;;;2*1+1/hD.